The molecule has 3 N–H and O–H groups in total. The van der Waals surface area contributed by atoms with Crippen LogP contribution in [-0.4, -0.2) is 117 Å². The van der Waals surface area contributed by atoms with Crippen molar-refractivity contribution in [3.05, 3.63) is 36.5 Å². The van der Waals surface area contributed by atoms with E-state index in [9.17, 15) is 43.2 Å². The molecule has 0 amide bonds. The van der Waals surface area contributed by atoms with Gasteiger partial charge in [-0.05, 0) is 122 Å². The van der Waals surface area contributed by atoms with Crippen molar-refractivity contribution in [1.82, 2.24) is 0 Å². The third-order valence-electron chi connectivity index (χ3n) is 16.7. The fourth-order valence-electron chi connectivity index (χ4n) is 10.8. The smallest absolute Gasteiger partial charge is 0.463 e. The number of aliphatic hydroxyl groups is 1. The average Bonchev–Trinajstić information content (AvgIpc) is 2.17. The van der Waals surface area contributed by atoms with E-state index in [0.29, 0.717) is 45.5 Å². The first-order valence-corrected chi connectivity index (χ1v) is 41.1. The van der Waals surface area contributed by atoms with E-state index in [1.807, 2.05) is 0 Å². The van der Waals surface area contributed by atoms with Crippen LogP contribution in [0.1, 0.15) is 341 Å². The molecule has 0 heterocycles. The van der Waals surface area contributed by atoms with Gasteiger partial charge in [0.2, 0.25) is 0 Å². The summed E-state index contributed by atoms with van der Waals surface area (Å²) < 4.78 is 70.5. The average molecular weight is 1380 g/mol. The van der Waals surface area contributed by atoms with Crippen molar-refractivity contribution in [2.45, 2.75) is 359 Å². The number of phosphoric acid groups is 2. The summed E-state index contributed by atoms with van der Waals surface area (Å²) in [7, 11) is -9.52. The molecule has 0 aromatic rings. The van der Waals surface area contributed by atoms with Crippen LogP contribution < -0.4 is 0 Å². The fourth-order valence-corrected chi connectivity index (χ4v) is 12.3. The van der Waals surface area contributed by atoms with Gasteiger partial charge in [0.15, 0.2) is 0 Å². The SMILES string of the molecule is CCCCCCCCCCCCCCCC(=O)OC[C@H](COP(=O)(O)OC[C@H](O)COP(=O)(O)OC[C@@H](COCCCCCCC/C=C\CCCCCCC=O)OCCCCCCCCC/C=C\CCCCCCC=O)OCCCCCCC/C=C\CCCCCCC=O. The Morgan fingerprint density at radius 2 is 0.596 bits per heavy atom. The Labute approximate surface area is 573 Å². The number of carbonyl (C=O) groups excluding carboxylic acids is 4. The van der Waals surface area contributed by atoms with E-state index in [1.165, 1.54) is 103 Å². The first kappa shape index (κ1) is 91.8. The standard InChI is InChI=1S/C75H140O17P2/c1-2-3-4-5-6-7-8-17-24-31-38-45-52-59-75(80)88-69-74(87-65-58-51-44-37-30-23-16-13-20-27-34-41-48-55-62-78)71-92-94(83,84)90-67-72(79)66-89-93(81,82)91-70-73(68-85-63-56-49-42-35-28-21-15-12-19-26-33-40-47-54-61-77)86-64-57-50-43-36-29-22-14-10-9-11-18-25-32-39-46-53-60-76/h9,11-13,15-16,60-62,72-74,79H,2-8,10,14,17-59,63-71H2,1H3,(H,81,82)(H,83,84)/b11-9-,15-12-,16-13-/t72-,73-,74-/m1/s1. The van der Waals surface area contributed by atoms with Gasteiger partial charge in [-0.3, -0.25) is 22.9 Å². The molecule has 0 aliphatic heterocycles. The Balaban J connectivity index is 5.09. The second-order valence-electron chi connectivity index (χ2n) is 25.8. The Kier molecular flexibility index (Phi) is 71.7. The maximum atomic E-state index is 13.1. The molecular weight excluding hydrogens is 1230 g/mol. The van der Waals surface area contributed by atoms with E-state index in [1.54, 1.807) is 0 Å². The number of carbonyl (C=O) groups is 4. The lowest BCUT2D eigenvalue weighted by Gasteiger charge is -2.21. The third kappa shape index (κ3) is 72.5. The Morgan fingerprint density at radius 3 is 0.926 bits per heavy atom. The second-order valence-corrected chi connectivity index (χ2v) is 28.7. The highest BCUT2D eigenvalue weighted by atomic mass is 31.2. The molecule has 0 saturated heterocycles. The van der Waals surface area contributed by atoms with Crippen LogP contribution in [0.5, 0.6) is 0 Å². The number of phosphoric ester groups is 2. The molecule has 94 heavy (non-hydrogen) atoms. The molecule has 0 aromatic heterocycles. The fraction of sp³-hybridized carbons (Fsp3) is 0.867. The van der Waals surface area contributed by atoms with Crippen molar-refractivity contribution in [2.75, 3.05) is 59.5 Å². The van der Waals surface area contributed by atoms with Gasteiger partial charge in [0.1, 0.15) is 43.8 Å². The Hall–Kier alpha value is -2.24. The van der Waals surface area contributed by atoms with Gasteiger partial charge in [0.25, 0.3) is 0 Å². The molecule has 0 radical (unpaired) electrons. The lowest BCUT2D eigenvalue weighted by molar-refractivity contribution is -0.149. The third-order valence-corrected chi connectivity index (χ3v) is 18.6. The summed E-state index contributed by atoms with van der Waals surface area (Å²) in [6.45, 7) is 1.24. The molecule has 552 valence electrons. The van der Waals surface area contributed by atoms with E-state index in [4.69, 9.17) is 37.0 Å². The highest BCUT2D eigenvalue weighted by molar-refractivity contribution is 7.47. The summed E-state index contributed by atoms with van der Waals surface area (Å²) in [4.78, 5) is 65.4. The van der Waals surface area contributed by atoms with Crippen LogP contribution in [0.25, 0.3) is 0 Å². The predicted molar refractivity (Wildman–Crippen MR) is 382 cm³/mol. The lowest BCUT2D eigenvalue weighted by atomic mass is 10.0. The van der Waals surface area contributed by atoms with Crippen molar-refractivity contribution in [3.8, 4) is 0 Å². The van der Waals surface area contributed by atoms with Gasteiger partial charge in [-0.1, -0.05) is 230 Å². The van der Waals surface area contributed by atoms with Crippen molar-refractivity contribution < 1.29 is 80.2 Å². The van der Waals surface area contributed by atoms with Gasteiger partial charge in [-0.2, -0.15) is 0 Å². The van der Waals surface area contributed by atoms with Crippen molar-refractivity contribution >= 4 is 40.5 Å². The molecular formula is C75H140O17P2. The number of aldehydes is 3. The minimum Gasteiger partial charge on any atom is -0.463 e. The second kappa shape index (κ2) is 73.5. The van der Waals surface area contributed by atoms with Gasteiger partial charge in [-0.25, -0.2) is 9.13 Å². The minimum absolute atomic E-state index is 0.153. The van der Waals surface area contributed by atoms with Crippen LogP contribution in [0.2, 0.25) is 0 Å². The predicted octanol–water partition coefficient (Wildman–Crippen LogP) is 20.5. The highest BCUT2D eigenvalue weighted by Gasteiger charge is 2.29. The summed E-state index contributed by atoms with van der Waals surface area (Å²) in [6.07, 6.45) is 68.8. The molecule has 19 heteroatoms. The molecule has 0 aromatic carbocycles. The van der Waals surface area contributed by atoms with Gasteiger partial charge < -0.3 is 48.2 Å². The van der Waals surface area contributed by atoms with E-state index in [0.717, 1.165) is 218 Å². The van der Waals surface area contributed by atoms with Crippen LogP contribution in [0.4, 0.5) is 0 Å². The highest BCUT2D eigenvalue weighted by Crippen LogP contribution is 2.45. The first-order valence-electron chi connectivity index (χ1n) is 38.1. The maximum absolute atomic E-state index is 13.1. The summed E-state index contributed by atoms with van der Waals surface area (Å²) in [5, 5.41) is 10.6. The number of rotatable bonds is 79. The molecule has 0 fully saturated rings. The van der Waals surface area contributed by atoms with Crippen molar-refractivity contribution in [1.29, 1.82) is 0 Å². The number of aliphatic hydroxyl groups excluding tert-OH is 1. The first-order chi connectivity index (χ1) is 46.0. The van der Waals surface area contributed by atoms with E-state index >= 15 is 0 Å². The van der Waals surface area contributed by atoms with Crippen LogP contribution in [0, 0.1) is 0 Å². The number of hydrogen-bond donors (Lipinski definition) is 3. The lowest BCUT2D eigenvalue weighted by Crippen LogP contribution is -2.28. The van der Waals surface area contributed by atoms with Crippen molar-refractivity contribution in [2.24, 2.45) is 0 Å². The summed E-state index contributed by atoms with van der Waals surface area (Å²) in [6, 6.07) is 0. The number of hydrogen-bond acceptors (Lipinski definition) is 15. The zero-order valence-electron chi connectivity index (χ0n) is 59.5. The van der Waals surface area contributed by atoms with Gasteiger partial charge >= 0.3 is 21.6 Å². The number of allylic oxidation sites excluding steroid dienone is 6. The molecule has 0 bridgehead atoms. The summed E-state index contributed by atoms with van der Waals surface area (Å²) in [5.74, 6) is -0.373. The molecule has 17 nitrogen and oxygen atoms in total. The van der Waals surface area contributed by atoms with Gasteiger partial charge in [-0.15, -0.1) is 0 Å². The molecule has 0 spiro atoms. The van der Waals surface area contributed by atoms with E-state index in [2.05, 4.69) is 43.4 Å². The molecule has 0 rings (SSSR count). The Bertz CT molecular complexity index is 1840. The normalized spacial score (nSPS) is 14.3. The monoisotopic (exact) mass is 1370 g/mol. The summed E-state index contributed by atoms with van der Waals surface area (Å²) in [5.41, 5.74) is 0. The molecule has 0 aliphatic carbocycles. The number of unbranched alkanes of at least 4 members (excludes halogenated alkanes) is 44. The number of ether oxygens (including phenoxy) is 4. The maximum Gasteiger partial charge on any atom is 0.472 e. The van der Waals surface area contributed by atoms with Crippen LogP contribution >= 0.6 is 15.6 Å². The van der Waals surface area contributed by atoms with E-state index in [-0.39, 0.29) is 32.2 Å². The molecule has 2 unspecified atom stereocenters. The summed E-state index contributed by atoms with van der Waals surface area (Å²) >= 11 is 0. The molecule has 5 atom stereocenters. The van der Waals surface area contributed by atoms with Gasteiger partial charge in [0, 0.05) is 45.5 Å². The van der Waals surface area contributed by atoms with Gasteiger partial charge in [0.05, 0.1) is 33.0 Å². The topological polar surface area (TPSA) is 237 Å². The molecule has 0 saturated carbocycles. The largest absolute Gasteiger partial charge is 0.472 e. The van der Waals surface area contributed by atoms with Crippen LogP contribution in [-0.2, 0) is 65.4 Å². The zero-order valence-corrected chi connectivity index (χ0v) is 61.3. The quantitative estimate of drug-likeness (QED) is 0.0169. The number of esters is 1. The van der Waals surface area contributed by atoms with Crippen LogP contribution in [0.3, 0.4) is 0 Å². The molecule has 0 aliphatic rings. The minimum atomic E-state index is -4.79. The van der Waals surface area contributed by atoms with Crippen LogP contribution in [0.15, 0.2) is 36.5 Å². The Morgan fingerprint density at radius 1 is 0.330 bits per heavy atom. The van der Waals surface area contributed by atoms with E-state index < -0.39 is 53.8 Å². The van der Waals surface area contributed by atoms with Crippen molar-refractivity contribution in [3.63, 3.8) is 0 Å². The zero-order chi connectivity index (χ0) is 68.5.